The number of carbonyl (C=O) groups excluding carboxylic acids is 1. The summed E-state index contributed by atoms with van der Waals surface area (Å²) in [6, 6.07) is 8.69. The number of hydrogen-bond donors (Lipinski definition) is 0. The summed E-state index contributed by atoms with van der Waals surface area (Å²) in [7, 11) is 1.82. The van der Waals surface area contributed by atoms with E-state index < -0.39 is 5.60 Å². The molecule has 0 saturated carbocycles. The van der Waals surface area contributed by atoms with Gasteiger partial charge in [-0.25, -0.2) is 4.79 Å². The monoisotopic (exact) mass is 330 g/mol. The average Bonchev–Trinajstić information content (AvgIpc) is 2.53. The van der Waals surface area contributed by atoms with Crippen LogP contribution in [0.2, 0.25) is 0 Å². The maximum atomic E-state index is 12.2. The lowest BCUT2D eigenvalue weighted by Gasteiger charge is -2.40. The van der Waals surface area contributed by atoms with Gasteiger partial charge in [0.25, 0.3) is 0 Å². The van der Waals surface area contributed by atoms with Crippen molar-refractivity contribution < 1.29 is 9.53 Å². The maximum Gasteiger partial charge on any atom is 0.410 e. The van der Waals surface area contributed by atoms with Crippen LogP contribution in [-0.2, 0) is 10.2 Å². The van der Waals surface area contributed by atoms with Crippen LogP contribution in [0.5, 0.6) is 0 Å². The Bertz CT molecular complexity index is 604. The number of rotatable bonds is 2. The maximum absolute atomic E-state index is 12.2. The fourth-order valence-electron chi connectivity index (χ4n) is 3.04. The summed E-state index contributed by atoms with van der Waals surface area (Å²) >= 11 is 0. The number of amides is 1. The molecule has 0 spiro atoms. The molecule has 0 atom stereocenters. The summed E-state index contributed by atoms with van der Waals surface area (Å²) in [5, 5.41) is 0. The molecule has 0 N–H and O–H groups in total. The van der Waals surface area contributed by atoms with E-state index in [2.05, 4.69) is 36.2 Å². The SMILES string of the molecule is CN=C(C)c1ccc(C2(C)CCN(C(=O)OC(C)(C)C)CC2)cc1. The Morgan fingerprint density at radius 1 is 1.17 bits per heavy atom. The Labute approximate surface area is 145 Å². The third-order valence-corrected chi connectivity index (χ3v) is 4.85. The van der Waals surface area contributed by atoms with Gasteiger partial charge < -0.3 is 9.64 Å². The number of carbonyl (C=O) groups is 1. The molecule has 1 aliphatic rings. The Morgan fingerprint density at radius 2 is 1.71 bits per heavy atom. The molecule has 0 aliphatic carbocycles. The summed E-state index contributed by atoms with van der Waals surface area (Å²) in [5.74, 6) is 0. The second-order valence-corrected chi connectivity index (χ2v) is 7.91. The van der Waals surface area contributed by atoms with Gasteiger partial charge in [-0.1, -0.05) is 31.2 Å². The van der Waals surface area contributed by atoms with Crippen molar-refractivity contribution in [3.8, 4) is 0 Å². The second kappa shape index (κ2) is 6.96. The minimum atomic E-state index is -0.438. The number of nitrogens with zero attached hydrogens (tertiary/aromatic N) is 2. The fraction of sp³-hybridized carbons (Fsp3) is 0.600. The molecular weight excluding hydrogens is 300 g/mol. The van der Waals surface area contributed by atoms with Gasteiger partial charge in [0.05, 0.1) is 0 Å². The molecule has 1 aromatic carbocycles. The summed E-state index contributed by atoms with van der Waals surface area (Å²) in [6.45, 7) is 11.5. The first-order valence-corrected chi connectivity index (χ1v) is 8.67. The van der Waals surface area contributed by atoms with Crippen molar-refractivity contribution in [2.45, 2.75) is 58.5 Å². The van der Waals surface area contributed by atoms with E-state index in [0.717, 1.165) is 37.2 Å². The third kappa shape index (κ3) is 4.37. The summed E-state index contributed by atoms with van der Waals surface area (Å²) in [5.41, 5.74) is 3.21. The number of aliphatic imine (C=N–C) groups is 1. The van der Waals surface area contributed by atoms with Crippen molar-refractivity contribution in [1.29, 1.82) is 0 Å². The van der Waals surface area contributed by atoms with E-state index in [0.29, 0.717) is 0 Å². The van der Waals surface area contributed by atoms with E-state index in [1.807, 2.05) is 39.6 Å². The van der Waals surface area contributed by atoms with Crippen LogP contribution in [0, 0.1) is 0 Å². The number of piperidine rings is 1. The number of ether oxygens (including phenoxy) is 1. The molecule has 4 heteroatoms. The van der Waals surface area contributed by atoms with Gasteiger partial charge in [-0.2, -0.15) is 0 Å². The highest BCUT2D eigenvalue weighted by atomic mass is 16.6. The lowest BCUT2D eigenvalue weighted by atomic mass is 9.74. The molecule has 132 valence electrons. The standard InChI is InChI=1S/C20H30N2O2/c1-15(21-6)16-7-9-17(10-8-16)20(5)11-13-22(14-12-20)18(23)24-19(2,3)4/h7-10H,11-14H2,1-6H3. The Hall–Kier alpha value is -1.84. The first-order valence-electron chi connectivity index (χ1n) is 8.67. The Balaban J connectivity index is 2.03. The second-order valence-electron chi connectivity index (χ2n) is 7.91. The molecule has 0 aromatic heterocycles. The van der Waals surface area contributed by atoms with Crippen molar-refractivity contribution in [2.75, 3.05) is 20.1 Å². The quantitative estimate of drug-likeness (QED) is 0.754. The molecule has 1 aliphatic heterocycles. The molecule has 2 rings (SSSR count). The zero-order valence-electron chi connectivity index (χ0n) is 15.8. The summed E-state index contributed by atoms with van der Waals surface area (Å²) in [4.78, 5) is 18.3. The van der Waals surface area contributed by atoms with Crippen LogP contribution in [0.15, 0.2) is 29.3 Å². The van der Waals surface area contributed by atoms with E-state index >= 15 is 0 Å². The molecule has 1 aromatic rings. The molecule has 24 heavy (non-hydrogen) atoms. The largest absolute Gasteiger partial charge is 0.444 e. The lowest BCUT2D eigenvalue weighted by Crippen LogP contribution is -2.45. The first-order chi connectivity index (χ1) is 11.1. The van der Waals surface area contributed by atoms with Crippen LogP contribution in [0.1, 0.15) is 58.6 Å². The molecule has 0 bridgehead atoms. The van der Waals surface area contributed by atoms with E-state index in [1.165, 1.54) is 5.56 Å². The van der Waals surface area contributed by atoms with Crippen LogP contribution < -0.4 is 0 Å². The highest BCUT2D eigenvalue weighted by Gasteiger charge is 2.34. The van der Waals surface area contributed by atoms with Gasteiger partial charge in [-0.05, 0) is 57.1 Å². The van der Waals surface area contributed by atoms with Crippen LogP contribution in [-0.4, -0.2) is 42.4 Å². The van der Waals surface area contributed by atoms with Gasteiger partial charge in [0.2, 0.25) is 0 Å². The Morgan fingerprint density at radius 3 is 2.17 bits per heavy atom. The molecule has 1 fully saturated rings. The van der Waals surface area contributed by atoms with Crippen molar-refractivity contribution in [3.63, 3.8) is 0 Å². The smallest absolute Gasteiger partial charge is 0.410 e. The summed E-state index contributed by atoms with van der Waals surface area (Å²) < 4.78 is 5.48. The van der Waals surface area contributed by atoms with Crippen LogP contribution >= 0.6 is 0 Å². The van der Waals surface area contributed by atoms with Crippen LogP contribution in [0.4, 0.5) is 4.79 Å². The van der Waals surface area contributed by atoms with E-state index in [4.69, 9.17) is 4.74 Å². The van der Waals surface area contributed by atoms with Gasteiger partial charge >= 0.3 is 6.09 Å². The van der Waals surface area contributed by atoms with Crippen molar-refractivity contribution in [2.24, 2.45) is 4.99 Å². The van der Waals surface area contributed by atoms with Crippen LogP contribution in [0.25, 0.3) is 0 Å². The number of benzene rings is 1. The molecular formula is C20H30N2O2. The van der Waals surface area contributed by atoms with E-state index in [1.54, 1.807) is 0 Å². The highest BCUT2D eigenvalue weighted by molar-refractivity contribution is 5.98. The number of hydrogen-bond acceptors (Lipinski definition) is 3. The minimum Gasteiger partial charge on any atom is -0.444 e. The molecule has 1 saturated heterocycles. The molecule has 0 unspecified atom stereocenters. The molecule has 1 amide bonds. The van der Waals surface area contributed by atoms with Crippen molar-refractivity contribution >= 4 is 11.8 Å². The van der Waals surface area contributed by atoms with Gasteiger partial charge in [-0.15, -0.1) is 0 Å². The van der Waals surface area contributed by atoms with Gasteiger partial charge in [-0.3, -0.25) is 4.99 Å². The minimum absolute atomic E-state index is 0.105. The van der Waals surface area contributed by atoms with Gasteiger partial charge in [0, 0.05) is 25.8 Å². The Kier molecular flexibility index (Phi) is 5.36. The topological polar surface area (TPSA) is 41.9 Å². The fourth-order valence-corrected chi connectivity index (χ4v) is 3.04. The lowest BCUT2D eigenvalue weighted by molar-refractivity contribution is 0.0172. The molecule has 1 heterocycles. The highest BCUT2D eigenvalue weighted by Crippen LogP contribution is 2.35. The zero-order valence-corrected chi connectivity index (χ0v) is 15.8. The van der Waals surface area contributed by atoms with Gasteiger partial charge in [0.1, 0.15) is 5.60 Å². The van der Waals surface area contributed by atoms with Gasteiger partial charge in [0.15, 0.2) is 0 Å². The first kappa shape index (κ1) is 18.5. The van der Waals surface area contributed by atoms with Crippen molar-refractivity contribution in [3.05, 3.63) is 35.4 Å². The molecule has 4 nitrogen and oxygen atoms in total. The average molecular weight is 330 g/mol. The predicted octanol–water partition coefficient (Wildman–Crippen LogP) is 4.41. The van der Waals surface area contributed by atoms with E-state index in [-0.39, 0.29) is 11.5 Å². The molecule has 0 radical (unpaired) electrons. The van der Waals surface area contributed by atoms with Crippen LogP contribution in [0.3, 0.4) is 0 Å². The third-order valence-electron chi connectivity index (χ3n) is 4.85. The summed E-state index contributed by atoms with van der Waals surface area (Å²) in [6.07, 6.45) is 1.70. The number of likely N-dealkylation sites (tertiary alicyclic amines) is 1. The van der Waals surface area contributed by atoms with Crippen molar-refractivity contribution in [1.82, 2.24) is 4.90 Å². The zero-order chi connectivity index (χ0) is 18.0. The normalized spacial score (nSPS) is 18.4. The van der Waals surface area contributed by atoms with E-state index in [9.17, 15) is 4.79 Å². The predicted molar refractivity (Wildman–Crippen MR) is 99.0 cm³/mol.